The number of aliphatic hydroxyl groups excluding tert-OH is 1. The molecule has 1 unspecified atom stereocenters. The largest absolute Gasteiger partial charge is 0.394 e. The van der Waals surface area contributed by atoms with Crippen molar-refractivity contribution in [2.45, 2.75) is 32.8 Å². The number of morpholine rings is 1. The van der Waals surface area contributed by atoms with Crippen molar-refractivity contribution in [1.82, 2.24) is 0 Å². The van der Waals surface area contributed by atoms with Gasteiger partial charge >= 0.3 is 0 Å². The predicted molar refractivity (Wildman–Crippen MR) is 74.4 cm³/mol. The van der Waals surface area contributed by atoms with Crippen molar-refractivity contribution in [1.29, 1.82) is 0 Å². The third kappa shape index (κ3) is 2.80. The minimum absolute atomic E-state index is 0.0388. The molecule has 1 atom stereocenters. The Bertz CT molecular complexity index is 470. The molecule has 2 rings (SSSR count). The first-order valence-electron chi connectivity index (χ1n) is 6.67. The van der Waals surface area contributed by atoms with E-state index in [1.807, 2.05) is 19.1 Å². The molecule has 1 fully saturated rings. The number of para-hydroxylation sites is 1. The second-order valence-electron chi connectivity index (χ2n) is 5.29. The van der Waals surface area contributed by atoms with Crippen LogP contribution in [0.2, 0.25) is 0 Å². The standard InChI is InChI=1S/C15H21NO3/c1-10(2)13-6-4-5-11(3)15(13)16-7-12(8-17)19-9-14(16)18/h4-6,10,12,17H,7-9H2,1-3H3. The van der Waals surface area contributed by atoms with Gasteiger partial charge in [0.1, 0.15) is 6.61 Å². The van der Waals surface area contributed by atoms with E-state index in [1.54, 1.807) is 4.90 Å². The van der Waals surface area contributed by atoms with Crippen LogP contribution in [0.15, 0.2) is 18.2 Å². The zero-order valence-corrected chi connectivity index (χ0v) is 11.7. The number of benzene rings is 1. The van der Waals surface area contributed by atoms with Crippen molar-refractivity contribution in [3.63, 3.8) is 0 Å². The number of anilines is 1. The molecular weight excluding hydrogens is 242 g/mol. The van der Waals surface area contributed by atoms with Crippen molar-refractivity contribution < 1.29 is 14.6 Å². The molecule has 0 spiro atoms. The maximum absolute atomic E-state index is 12.1. The summed E-state index contributed by atoms with van der Waals surface area (Å²) in [4.78, 5) is 13.9. The molecule has 19 heavy (non-hydrogen) atoms. The van der Waals surface area contributed by atoms with E-state index in [-0.39, 0.29) is 25.2 Å². The van der Waals surface area contributed by atoms with E-state index in [1.165, 1.54) is 0 Å². The summed E-state index contributed by atoms with van der Waals surface area (Å²) in [6.45, 7) is 6.64. The highest BCUT2D eigenvalue weighted by Gasteiger charge is 2.29. The summed E-state index contributed by atoms with van der Waals surface area (Å²) < 4.78 is 5.29. The average Bonchev–Trinajstić information content (AvgIpc) is 2.39. The second kappa shape index (κ2) is 5.72. The zero-order valence-electron chi connectivity index (χ0n) is 11.7. The van der Waals surface area contributed by atoms with Crippen LogP contribution in [0.1, 0.15) is 30.9 Å². The van der Waals surface area contributed by atoms with Gasteiger partial charge < -0.3 is 14.7 Å². The Morgan fingerprint density at radius 3 is 2.84 bits per heavy atom. The summed E-state index contributed by atoms with van der Waals surface area (Å²) >= 11 is 0. The first-order valence-corrected chi connectivity index (χ1v) is 6.67. The molecule has 0 aliphatic carbocycles. The van der Waals surface area contributed by atoms with E-state index in [0.717, 1.165) is 16.8 Å². The second-order valence-corrected chi connectivity index (χ2v) is 5.29. The van der Waals surface area contributed by atoms with Crippen LogP contribution in [0.4, 0.5) is 5.69 Å². The highest BCUT2D eigenvalue weighted by Crippen LogP contribution is 2.32. The lowest BCUT2D eigenvalue weighted by Gasteiger charge is -2.34. The van der Waals surface area contributed by atoms with Crippen LogP contribution in [-0.2, 0) is 9.53 Å². The van der Waals surface area contributed by atoms with Crippen molar-refractivity contribution >= 4 is 11.6 Å². The van der Waals surface area contributed by atoms with Gasteiger partial charge in [-0.2, -0.15) is 0 Å². The number of amides is 1. The number of ether oxygens (including phenoxy) is 1. The van der Waals surface area contributed by atoms with Gasteiger partial charge in [0.2, 0.25) is 0 Å². The number of aliphatic hydroxyl groups is 1. The summed E-state index contributed by atoms with van der Waals surface area (Å²) in [6, 6.07) is 6.09. The van der Waals surface area contributed by atoms with Crippen molar-refractivity contribution in [3.05, 3.63) is 29.3 Å². The quantitative estimate of drug-likeness (QED) is 0.905. The van der Waals surface area contributed by atoms with E-state index in [9.17, 15) is 9.90 Å². The minimum Gasteiger partial charge on any atom is -0.394 e. The first kappa shape index (κ1) is 14.0. The predicted octanol–water partition coefficient (Wildman–Crippen LogP) is 1.84. The summed E-state index contributed by atoms with van der Waals surface area (Å²) in [5.41, 5.74) is 3.22. The van der Waals surface area contributed by atoms with Gasteiger partial charge in [-0.25, -0.2) is 0 Å². The number of nitrogens with zero attached hydrogens (tertiary/aromatic N) is 1. The molecule has 0 radical (unpaired) electrons. The fraction of sp³-hybridized carbons (Fsp3) is 0.533. The lowest BCUT2D eigenvalue weighted by molar-refractivity contribution is -0.130. The molecule has 1 aromatic carbocycles. The number of aryl methyl sites for hydroxylation is 1. The summed E-state index contributed by atoms with van der Waals surface area (Å²) in [6.07, 6.45) is -0.294. The lowest BCUT2D eigenvalue weighted by Crippen LogP contribution is -2.48. The van der Waals surface area contributed by atoms with Crippen LogP contribution in [0.3, 0.4) is 0 Å². The molecule has 1 saturated heterocycles. The summed E-state index contributed by atoms with van der Waals surface area (Å²) in [5.74, 6) is 0.305. The Hall–Kier alpha value is -1.39. The Balaban J connectivity index is 2.41. The topological polar surface area (TPSA) is 49.8 Å². The van der Waals surface area contributed by atoms with E-state index in [0.29, 0.717) is 12.5 Å². The monoisotopic (exact) mass is 263 g/mol. The van der Waals surface area contributed by atoms with Gasteiger partial charge in [0.05, 0.1) is 24.9 Å². The van der Waals surface area contributed by atoms with Gasteiger partial charge in [0, 0.05) is 0 Å². The van der Waals surface area contributed by atoms with Gasteiger partial charge in [-0.05, 0) is 24.0 Å². The highest BCUT2D eigenvalue weighted by atomic mass is 16.5. The van der Waals surface area contributed by atoms with Crippen molar-refractivity contribution in [2.75, 3.05) is 24.7 Å². The van der Waals surface area contributed by atoms with Crippen LogP contribution in [0, 0.1) is 6.92 Å². The number of rotatable bonds is 3. The number of hydrogen-bond acceptors (Lipinski definition) is 3. The van der Waals surface area contributed by atoms with Crippen LogP contribution < -0.4 is 4.90 Å². The fourth-order valence-corrected chi connectivity index (χ4v) is 2.47. The van der Waals surface area contributed by atoms with E-state index in [4.69, 9.17) is 4.74 Å². The van der Waals surface area contributed by atoms with Crippen molar-refractivity contribution in [2.24, 2.45) is 0 Å². The molecule has 1 N–H and O–H groups in total. The van der Waals surface area contributed by atoms with Gasteiger partial charge in [-0.1, -0.05) is 32.0 Å². The average molecular weight is 263 g/mol. The number of carbonyl (C=O) groups excluding carboxylic acids is 1. The molecule has 4 nitrogen and oxygen atoms in total. The Morgan fingerprint density at radius 1 is 1.47 bits per heavy atom. The smallest absolute Gasteiger partial charge is 0.253 e. The van der Waals surface area contributed by atoms with E-state index >= 15 is 0 Å². The minimum atomic E-state index is -0.294. The highest BCUT2D eigenvalue weighted by molar-refractivity contribution is 5.96. The molecule has 104 valence electrons. The first-order chi connectivity index (χ1) is 9.04. The van der Waals surface area contributed by atoms with E-state index < -0.39 is 0 Å². The molecule has 1 aliphatic rings. The Labute approximate surface area is 114 Å². The molecule has 1 aromatic rings. The number of carbonyl (C=O) groups is 1. The molecule has 1 heterocycles. The maximum atomic E-state index is 12.1. The van der Waals surface area contributed by atoms with Gasteiger partial charge in [0.15, 0.2) is 0 Å². The van der Waals surface area contributed by atoms with Crippen molar-refractivity contribution in [3.8, 4) is 0 Å². The van der Waals surface area contributed by atoms with Crippen LogP contribution in [0.5, 0.6) is 0 Å². The van der Waals surface area contributed by atoms with E-state index in [2.05, 4.69) is 19.9 Å². The summed E-state index contributed by atoms with van der Waals surface area (Å²) in [5, 5.41) is 9.23. The van der Waals surface area contributed by atoms with Gasteiger partial charge in [0.25, 0.3) is 5.91 Å². The van der Waals surface area contributed by atoms with Gasteiger partial charge in [-0.15, -0.1) is 0 Å². The fourth-order valence-electron chi connectivity index (χ4n) is 2.47. The maximum Gasteiger partial charge on any atom is 0.253 e. The third-order valence-electron chi connectivity index (χ3n) is 3.49. The number of hydrogen-bond donors (Lipinski definition) is 1. The Kier molecular flexibility index (Phi) is 4.22. The van der Waals surface area contributed by atoms with Crippen LogP contribution >= 0.6 is 0 Å². The SMILES string of the molecule is Cc1cccc(C(C)C)c1N1CC(CO)OCC1=O. The molecular formula is C15H21NO3. The zero-order chi connectivity index (χ0) is 14.0. The van der Waals surface area contributed by atoms with Crippen LogP contribution in [0.25, 0.3) is 0 Å². The Morgan fingerprint density at radius 2 is 2.21 bits per heavy atom. The molecule has 4 heteroatoms. The normalized spacial score (nSPS) is 20.2. The van der Waals surface area contributed by atoms with Crippen LogP contribution in [-0.4, -0.2) is 36.9 Å². The third-order valence-corrected chi connectivity index (χ3v) is 3.49. The molecule has 0 bridgehead atoms. The summed E-state index contributed by atoms with van der Waals surface area (Å²) in [7, 11) is 0. The lowest BCUT2D eigenvalue weighted by atomic mass is 9.96. The molecule has 1 amide bonds. The molecule has 0 aromatic heterocycles. The van der Waals surface area contributed by atoms with Gasteiger partial charge in [-0.3, -0.25) is 4.79 Å². The molecule has 1 aliphatic heterocycles. The molecule has 0 saturated carbocycles.